The molecule has 136 valence electrons. The van der Waals surface area contributed by atoms with Gasteiger partial charge >= 0.3 is 5.97 Å². The number of esters is 1. The van der Waals surface area contributed by atoms with Crippen LogP contribution in [0.15, 0.2) is 36.4 Å². The van der Waals surface area contributed by atoms with Gasteiger partial charge in [-0.25, -0.2) is 13.6 Å². The second-order valence-electron chi connectivity index (χ2n) is 5.97. The molecule has 0 unspecified atom stereocenters. The summed E-state index contributed by atoms with van der Waals surface area (Å²) in [6, 6.07) is 7.98. The van der Waals surface area contributed by atoms with Gasteiger partial charge in [0.2, 0.25) is 0 Å². The van der Waals surface area contributed by atoms with Crippen molar-refractivity contribution in [2.45, 2.75) is 12.8 Å². The molecule has 0 saturated carbocycles. The Labute approximate surface area is 149 Å². The molecule has 1 fully saturated rings. The van der Waals surface area contributed by atoms with Gasteiger partial charge in [-0.3, -0.25) is 4.79 Å². The Hall–Kier alpha value is -2.96. The highest BCUT2D eigenvalue weighted by Crippen LogP contribution is 2.31. The van der Waals surface area contributed by atoms with E-state index in [2.05, 4.69) is 5.32 Å². The molecule has 1 aliphatic rings. The van der Waals surface area contributed by atoms with Gasteiger partial charge in [0.25, 0.3) is 5.91 Å². The SMILES string of the molecule is COC(=O)c1ccc(N2CCCC2)c(NC(=O)c2c(F)cccc2F)c1. The fourth-order valence-electron chi connectivity index (χ4n) is 3.01. The van der Waals surface area contributed by atoms with Crippen molar-refractivity contribution < 1.29 is 23.1 Å². The first-order valence-electron chi connectivity index (χ1n) is 8.24. The van der Waals surface area contributed by atoms with Crippen molar-refractivity contribution in [3.05, 3.63) is 59.2 Å². The summed E-state index contributed by atoms with van der Waals surface area (Å²) in [4.78, 5) is 26.3. The molecule has 5 nitrogen and oxygen atoms in total. The minimum absolute atomic E-state index is 0.236. The molecule has 1 aliphatic heterocycles. The topological polar surface area (TPSA) is 58.6 Å². The Balaban J connectivity index is 1.98. The van der Waals surface area contributed by atoms with E-state index in [0.717, 1.165) is 38.1 Å². The zero-order chi connectivity index (χ0) is 18.7. The molecule has 0 atom stereocenters. The van der Waals surface area contributed by atoms with Crippen molar-refractivity contribution in [1.29, 1.82) is 0 Å². The molecule has 0 radical (unpaired) electrons. The van der Waals surface area contributed by atoms with Crippen LogP contribution in [0.2, 0.25) is 0 Å². The van der Waals surface area contributed by atoms with E-state index in [1.54, 1.807) is 12.1 Å². The Kier molecular flexibility index (Phi) is 5.16. The Morgan fingerprint density at radius 1 is 1.08 bits per heavy atom. The smallest absolute Gasteiger partial charge is 0.337 e. The molecule has 2 aromatic rings. The van der Waals surface area contributed by atoms with Gasteiger partial charge in [0.1, 0.15) is 17.2 Å². The van der Waals surface area contributed by atoms with Crippen LogP contribution in [-0.2, 0) is 4.74 Å². The number of halogens is 2. The maximum atomic E-state index is 13.9. The third-order valence-corrected chi connectivity index (χ3v) is 4.30. The molecule has 0 spiro atoms. The van der Waals surface area contributed by atoms with Crippen LogP contribution in [0.4, 0.5) is 20.2 Å². The summed E-state index contributed by atoms with van der Waals surface area (Å²) in [5, 5.41) is 2.54. The van der Waals surface area contributed by atoms with Crippen molar-refractivity contribution in [1.82, 2.24) is 0 Å². The predicted molar refractivity (Wildman–Crippen MR) is 93.5 cm³/mol. The molecule has 2 aromatic carbocycles. The van der Waals surface area contributed by atoms with Gasteiger partial charge in [-0.05, 0) is 43.2 Å². The first kappa shape index (κ1) is 17.8. The summed E-state index contributed by atoms with van der Waals surface area (Å²) in [5.41, 5.74) is 0.575. The molecule has 26 heavy (non-hydrogen) atoms. The van der Waals surface area contributed by atoms with Crippen molar-refractivity contribution in [3.8, 4) is 0 Å². The van der Waals surface area contributed by atoms with E-state index in [9.17, 15) is 18.4 Å². The second-order valence-corrected chi connectivity index (χ2v) is 5.97. The van der Waals surface area contributed by atoms with Gasteiger partial charge in [-0.1, -0.05) is 6.07 Å². The van der Waals surface area contributed by atoms with Crippen LogP contribution in [0.25, 0.3) is 0 Å². The molecule has 0 aliphatic carbocycles. The molecular formula is C19H18F2N2O3. The van der Waals surface area contributed by atoms with Crippen molar-refractivity contribution in [2.75, 3.05) is 30.4 Å². The summed E-state index contributed by atoms with van der Waals surface area (Å²) in [5.74, 6) is -3.38. The standard InChI is InChI=1S/C19H18F2N2O3/c1-26-19(25)12-7-8-16(23-9-2-3-10-23)15(11-12)22-18(24)17-13(20)5-4-6-14(17)21/h4-8,11H,2-3,9-10H2,1H3,(H,22,24). The fourth-order valence-corrected chi connectivity index (χ4v) is 3.01. The first-order valence-corrected chi connectivity index (χ1v) is 8.24. The minimum atomic E-state index is -0.950. The van der Waals surface area contributed by atoms with Crippen LogP contribution in [-0.4, -0.2) is 32.1 Å². The lowest BCUT2D eigenvalue weighted by Crippen LogP contribution is -2.22. The van der Waals surface area contributed by atoms with E-state index in [-0.39, 0.29) is 5.56 Å². The Morgan fingerprint density at radius 2 is 1.73 bits per heavy atom. The molecule has 0 aromatic heterocycles. The number of nitrogens with zero attached hydrogens (tertiary/aromatic N) is 1. The fraction of sp³-hybridized carbons (Fsp3) is 0.263. The van der Waals surface area contributed by atoms with Crippen LogP contribution in [0.1, 0.15) is 33.6 Å². The number of benzene rings is 2. The average molecular weight is 360 g/mol. The molecular weight excluding hydrogens is 342 g/mol. The lowest BCUT2D eigenvalue weighted by Gasteiger charge is -2.22. The third kappa shape index (κ3) is 3.51. The zero-order valence-corrected chi connectivity index (χ0v) is 14.2. The van der Waals surface area contributed by atoms with E-state index in [4.69, 9.17) is 4.74 Å². The predicted octanol–water partition coefficient (Wildman–Crippen LogP) is 3.60. The maximum Gasteiger partial charge on any atom is 0.337 e. The zero-order valence-electron chi connectivity index (χ0n) is 14.2. The number of anilines is 2. The number of nitrogens with one attached hydrogen (secondary N) is 1. The van der Waals surface area contributed by atoms with E-state index < -0.39 is 29.1 Å². The molecule has 1 N–H and O–H groups in total. The molecule has 1 amide bonds. The van der Waals surface area contributed by atoms with Crippen molar-refractivity contribution in [2.24, 2.45) is 0 Å². The Morgan fingerprint density at radius 3 is 2.35 bits per heavy atom. The van der Waals surface area contributed by atoms with E-state index in [1.807, 2.05) is 4.90 Å². The van der Waals surface area contributed by atoms with Crippen LogP contribution in [0.3, 0.4) is 0 Å². The summed E-state index contributed by atoms with van der Waals surface area (Å²) in [6.45, 7) is 1.60. The van der Waals surface area contributed by atoms with Gasteiger partial charge in [0, 0.05) is 13.1 Å². The number of hydrogen-bond acceptors (Lipinski definition) is 4. The minimum Gasteiger partial charge on any atom is -0.465 e. The number of amides is 1. The van der Waals surface area contributed by atoms with Gasteiger partial charge < -0.3 is 15.0 Å². The summed E-state index contributed by atoms with van der Waals surface area (Å²) in [7, 11) is 1.25. The van der Waals surface area contributed by atoms with Crippen LogP contribution >= 0.6 is 0 Å². The third-order valence-electron chi connectivity index (χ3n) is 4.30. The van der Waals surface area contributed by atoms with Crippen LogP contribution < -0.4 is 10.2 Å². The van der Waals surface area contributed by atoms with Gasteiger partial charge in [-0.15, -0.1) is 0 Å². The number of ether oxygens (including phenoxy) is 1. The van der Waals surface area contributed by atoms with Crippen LogP contribution in [0, 0.1) is 11.6 Å². The molecule has 1 heterocycles. The lowest BCUT2D eigenvalue weighted by molar-refractivity contribution is 0.0600. The lowest BCUT2D eigenvalue weighted by atomic mass is 10.1. The normalized spacial score (nSPS) is 13.6. The number of rotatable bonds is 4. The number of methoxy groups -OCH3 is 1. The van der Waals surface area contributed by atoms with E-state index in [1.165, 1.54) is 19.2 Å². The quantitative estimate of drug-likeness (QED) is 0.847. The van der Waals surface area contributed by atoms with Gasteiger partial charge in [0.15, 0.2) is 0 Å². The molecule has 1 saturated heterocycles. The van der Waals surface area contributed by atoms with Crippen molar-refractivity contribution in [3.63, 3.8) is 0 Å². The maximum absolute atomic E-state index is 13.9. The number of hydrogen-bond donors (Lipinski definition) is 1. The summed E-state index contributed by atoms with van der Waals surface area (Å²) in [6.07, 6.45) is 2.02. The van der Waals surface area contributed by atoms with E-state index in [0.29, 0.717) is 11.4 Å². The monoisotopic (exact) mass is 360 g/mol. The molecule has 0 bridgehead atoms. The number of carbonyl (C=O) groups is 2. The molecule has 7 heteroatoms. The van der Waals surface area contributed by atoms with Crippen LogP contribution in [0.5, 0.6) is 0 Å². The van der Waals surface area contributed by atoms with E-state index >= 15 is 0 Å². The summed E-state index contributed by atoms with van der Waals surface area (Å²) >= 11 is 0. The van der Waals surface area contributed by atoms with Gasteiger partial charge in [-0.2, -0.15) is 0 Å². The largest absolute Gasteiger partial charge is 0.465 e. The Bertz CT molecular complexity index is 828. The second kappa shape index (κ2) is 7.51. The highest BCUT2D eigenvalue weighted by molar-refractivity contribution is 6.07. The first-order chi connectivity index (χ1) is 12.5. The molecule has 3 rings (SSSR count). The highest BCUT2D eigenvalue weighted by atomic mass is 19.1. The number of carbonyl (C=O) groups excluding carboxylic acids is 2. The van der Waals surface area contributed by atoms with Crippen molar-refractivity contribution >= 4 is 23.3 Å². The summed E-state index contributed by atoms with van der Waals surface area (Å²) < 4.78 is 32.5. The van der Waals surface area contributed by atoms with Gasteiger partial charge in [0.05, 0.1) is 24.0 Å². The average Bonchev–Trinajstić information content (AvgIpc) is 3.15. The highest BCUT2D eigenvalue weighted by Gasteiger charge is 2.22.